The molecule has 0 unspecified atom stereocenters. The first kappa shape index (κ1) is 16.0. The zero-order valence-electron chi connectivity index (χ0n) is 13.1. The number of carbonyl (C=O) groups is 1. The lowest BCUT2D eigenvalue weighted by atomic mass is 9.92. The molecule has 1 amide bonds. The molecule has 0 atom stereocenters. The highest BCUT2D eigenvalue weighted by Crippen LogP contribution is 2.17. The van der Waals surface area contributed by atoms with Crippen LogP contribution in [-0.4, -0.2) is 22.2 Å². The van der Waals surface area contributed by atoms with Gasteiger partial charge in [-0.2, -0.15) is 5.10 Å². The Labute approximate surface area is 129 Å². The summed E-state index contributed by atoms with van der Waals surface area (Å²) in [6.07, 6.45) is 2.00. The Morgan fingerprint density at radius 2 is 2.09 bits per heavy atom. The van der Waals surface area contributed by atoms with E-state index in [4.69, 9.17) is 4.42 Å². The summed E-state index contributed by atoms with van der Waals surface area (Å²) in [6.45, 7) is 6.70. The molecule has 0 aliphatic heterocycles. The van der Waals surface area contributed by atoms with Gasteiger partial charge in [0.2, 0.25) is 5.91 Å². The van der Waals surface area contributed by atoms with E-state index in [1.165, 1.54) is 10.7 Å². The second-order valence-electron chi connectivity index (χ2n) is 6.34. The molecule has 0 aliphatic carbocycles. The van der Waals surface area contributed by atoms with Gasteiger partial charge in [-0.15, -0.1) is 0 Å². The minimum absolute atomic E-state index is 0.0252. The van der Waals surface area contributed by atoms with Crippen LogP contribution < -0.4 is 10.9 Å². The van der Waals surface area contributed by atoms with Gasteiger partial charge < -0.3 is 9.73 Å². The molecule has 0 aliphatic rings. The quantitative estimate of drug-likeness (QED) is 0.917. The lowest BCUT2D eigenvalue weighted by molar-refractivity contribution is -0.122. The van der Waals surface area contributed by atoms with Crippen molar-refractivity contribution in [1.29, 1.82) is 0 Å². The Kier molecular flexibility index (Phi) is 4.80. The Morgan fingerprint density at radius 3 is 2.73 bits per heavy atom. The molecule has 0 radical (unpaired) electrons. The number of nitrogens with one attached hydrogen (secondary N) is 1. The maximum Gasteiger partial charge on any atom is 0.266 e. The maximum atomic E-state index is 11.8. The lowest BCUT2D eigenvalue weighted by Gasteiger charge is -2.17. The van der Waals surface area contributed by atoms with Crippen molar-refractivity contribution in [2.24, 2.45) is 5.41 Å². The van der Waals surface area contributed by atoms with Gasteiger partial charge in [0.1, 0.15) is 5.69 Å². The third-order valence-electron chi connectivity index (χ3n) is 2.98. The van der Waals surface area contributed by atoms with Crippen LogP contribution >= 0.6 is 0 Å². The summed E-state index contributed by atoms with van der Waals surface area (Å²) >= 11 is 0. The third-order valence-corrected chi connectivity index (χ3v) is 2.98. The molecule has 0 aromatic carbocycles. The van der Waals surface area contributed by atoms with Crippen LogP contribution in [0, 0.1) is 5.41 Å². The number of furan rings is 1. The average molecular weight is 303 g/mol. The number of amides is 1. The molecule has 0 saturated carbocycles. The maximum absolute atomic E-state index is 11.8. The van der Waals surface area contributed by atoms with Crippen molar-refractivity contribution in [2.45, 2.75) is 33.7 Å². The fourth-order valence-corrected chi connectivity index (χ4v) is 2.01. The van der Waals surface area contributed by atoms with Crippen LogP contribution in [-0.2, 0) is 11.3 Å². The highest BCUT2D eigenvalue weighted by molar-refractivity contribution is 5.76. The summed E-state index contributed by atoms with van der Waals surface area (Å²) < 4.78 is 6.59. The first-order valence-electron chi connectivity index (χ1n) is 7.24. The molecular weight excluding hydrogens is 282 g/mol. The number of nitrogens with zero attached hydrogens (tertiary/aromatic N) is 2. The Bertz CT molecular complexity index is 681. The van der Waals surface area contributed by atoms with Crippen LogP contribution in [0.25, 0.3) is 11.5 Å². The summed E-state index contributed by atoms with van der Waals surface area (Å²) in [6, 6.07) is 6.61. The molecule has 0 saturated heterocycles. The van der Waals surface area contributed by atoms with E-state index in [2.05, 4.69) is 10.4 Å². The van der Waals surface area contributed by atoms with Gasteiger partial charge in [-0.25, -0.2) is 4.68 Å². The van der Waals surface area contributed by atoms with Crippen molar-refractivity contribution in [3.05, 3.63) is 40.9 Å². The summed E-state index contributed by atoms with van der Waals surface area (Å²) in [5, 5.41) is 7.05. The molecule has 0 spiro atoms. The fourth-order valence-electron chi connectivity index (χ4n) is 2.01. The van der Waals surface area contributed by atoms with Crippen molar-refractivity contribution >= 4 is 5.91 Å². The van der Waals surface area contributed by atoms with Crippen molar-refractivity contribution in [3.63, 3.8) is 0 Å². The molecule has 0 bridgehead atoms. The number of hydrogen-bond donors (Lipinski definition) is 1. The Balaban J connectivity index is 1.97. The molecule has 118 valence electrons. The van der Waals surface area contributed by atoms with Crippen LogP contribution in [0.4, 0.5) is 0 Å². The Hall–Kier alpha value is -2.37. The average Bonchev–Trinajstić information content (AvgIpc) is 2.92. The van der Waals surface area contributed by atoms with Gasteiger partial charge in [-0.1, -0.05) is 20.8 Å². The minimum Gasteiger partial charge on any atom is -0.463 e. The number of carbonyl (C=O) groups excluding carboxylic acids is 1. The molecule has 6 nitrogen and oxygen atoms in total. The zero-order chi connectivity index (χ0) is 16.2. The van der Waals surface area contributed by atoms with Crippen molar-refractivity contribution in [1.82, 2.24) is 15.1 Å². The van der Waals surface area contributed by atoms with E-state index >= 15 is 0 Å². The van der Waals surface area contributed by atoms with Crippen LogP contribution in [0.3, 0.4) is 0 Å². The van der Waals surface area contributed by atoms with Crippen LogP contribution in [0.5, 0.6) is 0 Å². The number of rotatable bonds is 5. The van der Waals surface area contributed by atoms with Gasteiger partial charge in [0.25, 0.3) is 5.56 Å². The Morgan fingerprint density at radius 1 is 1.32 bits per heavy atom. The van der Waals surface area contributed by atoms with Crippen LogP contribution in [0.1, 0.15) is 27.2 Å². The molecule has 6 heteroatoms. The van der Waals surface area contributed by atoms with E-state index < -0.39 is 0 Å². The standard InChI is InChI=1S/C16H21N3O3/c1-16(2,3)11-14(20)17-8-9-19-15(21)7-6-12(18-19)13-5-4-10-22-13/h4-7,10H,8-9,11H2,1-3H3,(H,17,20). The fraction of sp³-hybridized carbons (Fsp3) is 0.438. The molecule has 2 heterocycles. The summed E-state index contributed by atoms with van der Waals surface area (Å²) in [7, 11) is 0. The van der Waals surface area contributed by atoms with Crippen molar-refractivity contribution in [3.8, 4) is 11.5 Å². The van der Waals surface area contributed by atoms with Gasteiger partial charge in [0.15, 0.2) is 5.76 Å². The topological polar surface area (TPSA) is 77.1 Å². The first-order valence-corrected chi connectivity index (χ1v) is 7.24. The van der Waals surface area contributed by atoms with E-state index in [1.807, 2.05) is 20.8 Å². The largest absolute Gasteiger partial charge is 0.463 e. The smallest absolute Gasteiger partial charge is 0.266 e. The first-order chi connectivity index (χ1) is 10.3. The molecule has 2 aromatic rings. The highest BCUT2D eigenvalue weighted by atomic mass is 16.3. The van der Waals surface area contributed by atoms with Crippen LogP contribution in [0.2, 0.25) is 0 Å². The van der Waals surface area contributed by atoms with Crippen molar-refractivity contribution in [2.75, 3.05) is 6.54 Å². The number of aromatic nitrogens is 2. The SMILES string of the molecule is CC(C)(C)CC(=O)NCCn1nc(-c2ccco2)ccc1=O. The number of hydrogen-bond acceptors (Lipinski definition) is 4. The van der Waals surface area contributed by atoms with E-state index in [9.17, 15) is 9.59 Å². The monoisotopic (exact) mass is 303 g/mol. The van der Waals surface area contributed by atoms with Gasteiger partial charge in [-0.3, -0.25) is 9.59 Å². The predicted molar refractivity (Wildman–Crippen MR) is 83.3 cm³/mol. The van der Waals surface area contributed by atoms with Gasteiger partial charge in [-0.05, 0) is 23.6 Å². The van der Waals surface area contributed by atoms with Gasteiger partial charge in [0, 0.05) is 19.0 Å². The van der Waals surface area contributed by atoms with Gasteiger partial charge >= 0.3 is 0 Å². The van der Waals surface area contributed by atoms with Crippen LogP contribution in [0.15, 0.2) is 39.7 Å². The van der Waals surface area contributed by atoms with E-state index in [0.29, 0.717) is 31.0 Å². The molecule has 0 fully saturated rings. The predicted octanol–water partition coefficient (Wildman–Crippen LogP) is 2.06. The molecule has 22 heavy (non-hydrogen) atoms. The third kappa shape index (κ3) is 4.58. The van der Waals surface area contributed by atoms with E-state index in [1.54, 1.807) is 24.5 Å². The van der Waals surface area contributed by atoms with E-state index in [-0.39, 0.29) is 16.9 Å². The molecular formula is C16H21N3O3. The molecule has 2 rings (SSSR count). The highest BCUT2D eigenvalue weighted by Gasteiger charge is 2.15. The lowest BCUT2D eigenvalue weighted by Crippen LogP contribution is -2.33. The molecule has 2 aromatic heterocycles. The summed E-state index contributed by atoms with van der Waals surface area (Å²) in [4.78, 5) is 23.6. The van der Waals surface area contributed by atoms with Gasteiger partial charge in [0.05, 0.1) is 12.8 Å². The normalized spacial score (nSPS) is 11.4. The summed E-state index contributed by atoms with van der Waals surface area (Å²) in [5.74, 6) is 0.577. The minimum atomic E-state index is -0.208. The molecule has 1 N–H and O–H groups in total. The second kappa shape index (κ2) is 6.60. The second-order valence-corrected chi connectivity index (χ2v) is 6.34. The zero-order valence-corrected chi connectivity index (χ0v) is 13.1. The van der Waals surface area contributed by atoms with E-state index in [0.717, 1.165) is 0 Å². The summed E-state index contributed by atoms with van der Waals surface area (Å²) in [5.41, 5.74) is 0.323. The van der Waals surface area contributed by atoms with Crippen molar-refractivity contribution < 1.29 is 9.21 Å².